The average Bonchev–Trinajstić information content (AvgIpc) is 2.95. The fraction of sp³-hybridized carbons (Fsp3) is 0.750. The molecule has 1 saturated carbocycles. The fourth-order valence-electron chi connectivity index (χ4n) is 3.73. The third-order valence-electron chi connectivity index (χ3n) is 4.66. The number of nitrogens with zero attached hydrogens (tertiary/aromatic N) is 2. The molecule has 5 heteroatoms. The summed E-state index contributed by atoms with van der Waals surface area (Å²) in [5.41, 5.74) is 0.853. The highest BCUT2D eigenvalue weighted by molar-refractivity contribution is 7.13. The summed E-state index contributed by atoms with van der Waals surface area (Å²) in [6, 6.07) is 0.675. The second-order valence-corrected chi connectivity index (χ2v) is 6.89. The number of carbonyl (C=O) groups excluding carboxylic acids is 1. The molecule has 3 rings (SSSR count). The van der Waals surface area contributed by atoms with Gasteiger partial charge in [0, 0.05) is 18.0 Å². The van der Waals surface area contributed by atoms with E-state index in [9.17, 15) is 4.79 Å². The van der Waals surface area contributed by atoms with Crippen LogP contribution in [0.1, 0.15) is 51.1 Å². The van der Waals surface area contributed by atoms with E-state index < -0.39 is 0 Å². The number of hydrogen-bond donors (Lipinski definition) is 0. The Morgan fingerprint density at radius 3 is 3.05 bits per heavy atom. The lowest BCUT2D eigenvalue weighted by Crippen LogP contribution is -2.46. The Bertz CT molecular complexity index is 486. The number of rotatable bonds is 4. The number of carbonyl (C=O) groups is 1. The van der Waals surface area contributed by atoms with Gasteiger partial charge in [0.2, 0.25) is 0 Å². The van der Waals surface area contributed by atoms with Crippen molar-refractivity contribution in [2.45, 2.75) is 57.9 Å². The summed E-state index contributed by atoms with van der Waals surface area (Å²) in [5.74, 6) is 0.674. The maximum absolute atomic E-state index is 11.6. The van der Waals surface area contributed by atoms with Crippen LogP contribution in [0.4, 0.5) is 5.13 Å². The van der Waals surface area contributed by atoms with Gasteiger partial charge in [0.05, 0.1) is 18.7 Å². The van der Waals surface area contributed by atoms with Crippen LogP contribution < -0.4 is 4.90 Å². The van der Waals surface area contributed by atoms with Crippen LogP contribution in [0.15, 0.2) is 5.38 Å². The fourth-order valence-corrected chi connectivity index (χ4v) is 4.64. The van der Waals surface area contributed by atoms with Gasteiger partial charge in [-0.15, -0.1) is 11.3 Å². The molecule has 0 bridgehead atoms. The van der Waals surface area contributed by atoms with Crippen molar-refractivity contribution in [1.82, 2.24) is 4.98 Å². The van der Waals surface area contributed by atoms with Gasteiger partial charge in [-0.3, -0.25) is 4.79 Å². The number of aromatic nitrogens is 1. The Balaban J connectivity index is 1.68. The number of hydrogen-bond acceptors (Lipinski definition) is 5. The second-order valence-electron chi connectivity index (χ2n) is 6.05. The number of thiazole rings is 1. The summed E-state index contributed by atoms with van der Waals surface area (Å²) >= 11 is 1.68. The Labute approximate surface area is 130 Å². The third-order valence-corrected chi connectivity index (χ3v) is 5.59. The molecule has 116 valence electrons. The molecule has 0 aromatic carbocycles. The summed E-state index contributed by atoms with van der Waals surface area (Å²) in [4.78, 5) is 18.8. The minimum atomic E-state index is -0.177. The highest BCUT2D eigenvalue weighted by atomic mass is 32.1. The summed E-state index contributed by atoms with van der Waals surface area (Å²) in [6.45, 7) is 3.39. The molecule has 0 N–H and O–H groups in total. The molecular formula is C16H24N2O2S. The van der Waals surface area contributed by atoms with Gasteiger partial charge >= 0.3 is 5.97 Å². The van der Waals surface area contributed by atoms with E-state index in [1.54, 1.807) is 11.3 Å². The number of piperidine rings is 1. The Morgan fingerprint density at radius 1 is 1.38 bits per heavy atom. The van der Waals surface area contributed by atoms with Crippen molar-refractivity contribution in [2.24, 2.45) is 5.92 Å². The predicted molar refractivity (Wildman–Crippen MR) is 84.8 cm³/mol. The minimum Gasteiger partial charge on any atom is -0.466 e. The normalized spacial score (nSPS) is 25.5. The number of esters is 1. The van der Waals surface area contributed by atoms with Gasteiger partial charge in [0.25, 0.3) is 0 Å². The van der Waals surface area contributed by atoms with Gasteiger partial charge in [0.1, 0.15) is 0 Å². The topological polar surface area (TPSA) is 42.4 Å². The Hall–Kier alpha value is -1.10. The van der Waals surface area contributed by atoms with E-state index in [1.165, 1.54) is 38.5 Å². The molecule has 2 unspecified atom stereocenters. The smallest absolute Gasteiger partial charge is 0.311 e. The molecule has 0 radical (unpaired) electrons. The quantitative estimate of drug-likeness (QED) is 0.800. The molecule has 2 aliphatic rings. The maximum Gasteiger partial charge on any atom is 0.311 e. The van der Waals surface area contributed by atoms with Crippen LogP contribution in [0.3, 0.4) is 0 Å². The lowest BCUT2D eigenvalue weighted by molar-refractivity contribution is -0.142. The first-order valence-corrected chi connectivity index (χ1v) is 9.02. The molecule has 1 aromatic rings. The van der Waals surface area contributed by atoms with Crippen molar-refractivity contribution in [2.75, 3.05) is 18.1 Å². The van der Waals surface area contributed by atoms with Crippen LogP contribution in [0.25, 0.3) is 0 Å². The van der Waals surface area contributed by atoms with Crippen LogP contribution >= 0.6 is 11.3 Å². The average molecular weight is 308 g/mol. The lowest BCUT2D eigenvalue weighted by Gasteiger charge is -2.44. The van der Waals surface area contributed by atoms with E-state index in [4.69, 9.17) is 9.72 Å². The van der Waals surface area contributed by atoms with Crippen molar-refractivity contribution in [3.63, 3.8) is 0 Å². The van der Waals surface area contributed by atoms with Gasteiger partial charge in [-0.05, 0) is 38.5 Å². The van der Waals surface area contributed by atoms with Crippen LogP contribution in [-0.2, 0) is 16.0 Å². The van der Waals surface area contributed by atoms with E-state index in [0.717, 1.165) is 23.3 Å². The highest BCUT2D eigenvalue weighted by Gasteiger charge is 2.34. The summed E-state index contributed by atoms with van der Waals surface area (Å²) in [6.07, 6.45) is 8.36. The molecule has 0 spiro atoms. The van der Waals surface area contributed by atoms with Crippen molar-refractivity contribution in [1.29, 1.82) is 0 Å². The first-order valence-electron chi connectivity index (χ1n) is 8.14. The zero-order valence-corrected chi connectivity index (χ0v) is 13.5. The number of anilines is 1. The SMILES string of the molecule is CCOC(=O)Cc1csc(N2CCCC3CCCCC32)n1. The summed E-state index contributed by atoms with van der Waals surface area (Å²) in [7, 11) is 0. The highest BCUT2D eigenvalue weighted by Crippen LogP contribution is 2.38. The van der Waals surface area contributed by atoms with E-state index in [1.807, 2.05) is 12.3 Å². The molecule has 1 aliphatic heterocycles. The molecule has 1 saturated heterocycles. The molecule has 21 heavy (non-hydrogen) atoms. The molecule has 2 fully saturated rings. The van der Waals surface area contributed by atoms with Gasteiger partial charge in [-0.1, -0.05) is 12.8 Å². The monoisotopic (exact) mass is 308 g/mol. The van der Waals surface area contributed by atoms with Gasteiger partial charge in [0.15, 0.2) is 5.13 Å². The zero-order valence-electron chi connectivity index (χ0n) is 12.7. The van der Waals surface area contributed by atoms with Gasteiger partial charge in [-0.25, -0.2) is 4.98 Å². The van der Waals surface area contributed by atoms with E-state index >= 15 is 0 Å². The van der Waals surface area contributed by atoms with Crippen molar-refractivity contribution in [3.05, 3.63) is 11.1 Å². The second kappa shape index (κ2) is 6.77. The molecular weight excluding hydrogens is 284 g/mol. The number of fused-ring (bicyclic) bond motifs is 1. The van der Waals surface area contributed by atoms with Crippen molar-refractivity contribution < 1.29 is 9.53 Å². The lowest BCUT2D eigenvalue weighted by atomic mass is 9.78. The van der Waals surface area contributed by atoms with E-state index in [2.05, 4.69) is 4.90 Å². The molecule has 0 amide bonds. The largest absolute Gasteiger partial charge is 0.466 e. The molecule has 1 aromatic heterocycles. The minimum absolute atomic E-state index is 0.177. The van der Waals surface area contributed by atoms with E-state index in [0.29, 0.717) is 19.1 Å². The zero-order chi connectivity index (χ0) is 14.7. The van der Waals surface area contributed by atoms with Gasteiger partial charge in [-0.2, -0.15) is 0 Å². The predicted octanol–water partition coefficient (Wildman–Crippen LogP) is 3.41. The molecule has 4 nitrogen and oxygen atoms in total. The standard InChI is InChI=1S/C16H24N2O2S/c1-2-20-15(19)10-13-11-21-16(17-13)18-9-5-7-12-6-3-4-8-14(12)18/h11-12,14H,2-10H2,1H3. The first-order chi connectivity index (χ1) is 10.3. The molecule has 2 atom stereocenters. The van der Waals surface area contributed by atoms with Crippen molar-refractivity contribution >= 4 is 22.4 Å². The van der Waals surface area contributed by atoms with Gasteiger partial charge < -0.3 is 9.64 Å². The summed E-state index contributed by atoms with van der Waals surface area (Å²) < 4.78 is 5.00. The first kappa shape index (κ1) is 14.8. The Morgan fingerprint density at radius 2 is 2.19 bits per heavy atom. The maximum atomic E-state index is 11.6. The number of ether oxygens (including phenoxy) is 1. The Kier molecular flexibility index (Phi) is 4.78. The van der Waals surface area contributed by atoms with Crippen LogP contribution in [0.2, 0.25) is 0 Å². The molecule has 2 heterocycles. The van der Waals surface area contributed by atoms with Crippen LogP contribution in [-0.4, -0.2) is 30.1 Å². The van der Waals surface area contributed by atoms with Crippen molar-refractivity contribution in [3.8, 4) is 0 Å². The summed E-state index contributed by atoms with van der Waals surface area (Å²) in [5, 5.41) is 3.12. The third kappa shape index (κ3) is 3.39. The van der Waals surface area contributed by atoms with Crippen LogP contribution in [0, 0.1) is 5.92 Å². The van der Waals surface area contributed by atoms with E-state index in [-0.39, 0.29) is 5.97 Å². The van der Waals surface area contributed by atoms with Crippen LogP contribution in [0.5, 0.6) is 0 Å². The molecule has 1 aliphatic carbocycles.